The standard InChI is InChI=1S/C30H54O/c1-18(2)21(5)19(3)17-20(4)24-11-12-26-23-9-10-25-22(6)28(31)14-16-30(25,8)27(23)13-15-29(24,26)7/h18-28,31H,9-17H2,1-8H3/t19-,20-,21-,22+,23?,24?,25+,26?,27?,28+,29-,30+/m1/s1. The first-order chi connectivity index (χ1) is 14.5. The Morgan fingerprint density at radius 3 is 2.06 bits per heavy atom. The lowest BCUT2D eigenvalue weighted by atomic mass is 9.43. The zero-order chi connectivity index (χ0) is 22.7. The summed E-state index contributed by atoms with van der Waals surface area (Å²) < 4.78 is 0. The Balaban J connectivity index is 1.49. The van der Waals surface area contributed by atoms with E-state index in [0.717, 1.165) is 59.7 Å². The van der Waals surface area contributed by atoms with Crippen molar-refractivity contribution in [3.63, 3.8) is 0 Å². The van der Waals surface area contributed by atoms with Crippen molar-refractivity contribution in [1.29, 1.82) is 0 Å². The topological polar surface area (TPSA) is 20.2 Å². The van der Waals surface area contributed by atoms with Crippen LogP contribution >= 0.6 is 0 Å². The fraction of sp³-hybridized carbons (Fsp3) is 1.00. The maximum Gasteiger partial charge on any atom is 0.0568 e. The molecule has 180 valence electrons. The van der Waals surface area contributed by atoms with Crippen molar-refractivity contribution in [2.45, 2.75) is 119 Å². The summed E-state index contributed by atoms with van der Waals surface area (Å²) in [6, 6.07) is 0. The zero-order valence-electron chi connectivity index (χ0n) is 22.2. The van der Waals surface area contributed by atoms with Gasteiger partial charge < -0.3 is 5.11 Å². The monoisotopic (exact) mass is 430 g/mol. The highest BCUT2D eigenvalue weighted by molar-refractivity contribution is 5.10. The summed E-state index contributed by atoms with van der Waals surface area (Å²) in [6.45, 7) is 20.1. The van der Waals surface area contributed by atoms with E-state index in [1.165, 1.54) is 51.4 Å². The molecule has 4 unspecified atom stereocenters. The van der Waals surface area contributed by atoms with Crippen molar-refractivity contribution in [2.24, 2.45) is 70.0 Å². The number of rotatable bonds is 5. The van der Waals surface area contributed by atoms with Crippen LogP contribution < -0.4 is 0 Å². The van der Waals surface area contributed by atoms with Gasteiger partial charge in [0.05, 0.1) is 6.10 Å². The quantitative estimate of drug-likeness (QED) is 0.466. The molecule has 0 bridgehead atoms. The molecule has 1 nitrogen and oxygen atoms in total. The van der Waals surface area contributed by atoms with E-state index in [1.807, 2.05) is 0 Å². The number of aliphatic hydroxyl groups excluding tert-OH is 1. The molecule has 0 aromatic carbocycles. The molecule has 4 aliphatic rings. The van der Waals surface area contributed by atoms with Crippen LogP contribution in [0.3, 0.4) is 0 Å². The summed E-state index contributed by atoms with van der Waals surface area (Å²) >= 11 is 0. The Bertz CT molecular complexity index is 626. The number of fused-ring (bicyclic) bond motifs is 5. The average Bonchev–Trinajstić information content (AvgIpc) is 3.07. The van der Waals surface area contributed by atoms with Gasteiger partial charge in [-0.05, 0) is 128 Å². The van der Waals surface area contributed by atoms with Crippen LogP contribution in [0.2, 0.25) is 0 Å². The molecule has 0 aromatic rings. The van der Waals surface area contributed by atoms with Crippen LogP contribution in [0, 0.1) is 70.0 Å². The Kier molecular flexibility index (Phi) is 6.71. The summed E-state index contributed by atoms with van der Waals surface area (Å²) in [5, 5.41) is 10.6. The molecule has 0 amide bonds. The average molecular weight is 431 g/mol. The lowest BCUT2D eigenvalue weighted by Gasteiger charge is -2.62. The summed E-state index contributed by atoms with van der Waals surface area (Å²) in [7, 11) is 0. The third kappa shape index (κ3) is 3.85. The minimum absolute atomic E-state index is 0.0459. The van der Waals surface area contributed by atoms with Crippen molar-refractivity contribution in [3.8, 4) is 0 Å². The Hall–Kier alpha value is -0.0400. The molecule has 1 heteroatoms. The Morgan fingerprint density at radius 1 is 0.774 bits per heavy atom. The summed E-state index contributed by atoms with van der Waals surface area (Å²) in [5.41, 5.74) is 1.08. The van der Waals surface area contributed by atoms with E-state index in [0.29, 0.717) is 16.7 Å². The van der Waals surface area contributed by atoms with E-state index < -0.39 is 0 Å². The number of aliphatic hydroxyl groups is 1. The molecule has 0 saturated heterocycles. The predicted octanol–water partition coefficient (Wildman–Crippen LogP) is 8.21. The van der Waals surface area contributed by atoms with E-state index in [9.17, 15) is 5.11 Å². The second-order valence-electron chi connectivity index (χ2n) is 14.1. The van der Waals surface area contributed by atoms with Crippen molar-refractivity contribution >= 4 is 0 Å². The first-order valence-electron chi connectivity index (χ1n) is 14.2. The highest BCUT2D eigenvalue weighted by Gasteiger charge is 2.61. The van der Waals surface area contributed by atoms with Gasteiger partial charge in [-0.3, -0.25) is 0 Å². The molecule has 0 aromatic heterocycles. The van der Waals surface area contributed by atoms with E-state index >= 15 is 0 Å². The summed E-state index contributed by atoms with van der Waals surface area (Å²) in [5.74, 6) is 8.43. The van der Waals surface area contributed by atoms with Crippen LogP contribution in [-0.2, 0) is 0 Å². The number of hydrogen-bond acceptors (Lipinski definition) is 1. The van der Waals surface area contributed by atoms with Gasteiger partial charge >= 0.3 is 0 Å². The van der Waals surface area contributed by atoms with Gasteiger partial charge in [0.1, 0.15) is 0 Å². The molecule has 0 aliphatic heterocycles. The Morgan fingerprint density at radius 2 is 1.39 bits per heavy atom. The normalized spacial score (nSPS) is 50.3. The predicted molar refractivity (Wildman–Crippen MR) is 133 cm³/mol. The van der Waals surface area contributed by atoms with Crippen LogP contribution in [0.25, 0.3) is 0 Å². The van der Waals surface area contributed by atoms with Crippen molar-refractivity contribution in [2.75, 3.05) is 0 Å². The van der Waals surface area contributed by atoms with E-state index in [4.69, 9.17) is 0 Å². The van der Waals surface area contributed by atoms with Crippen LogP contribution in [-0.4, -0.2) is 11.2 Å². The van der Waals surface area contributed by atoms with E-state index in [-0.39, 0.29) is 6.10 Å². The molecule has 0 spiro atoms. The van der Waals surface area contributed by atoms with Crippen molar-refractivity contribution < 1.29 is 5.11 Å². The smallest absolute Gasteiger partial charge is 0.0568 e. The van der Waals surface area contributed by atoms with Gasteiger partial charge in [0.25, 0.3) is 0 Å². The van der Waals surface area contributed by atoms with Crippen molar-refractivity contribution in [3.05, 3.63) is 0 Å². The van der Waals surface area contributed by atoms with E-state index in [2.05, 4.69) is 55.4 Å². The second-order valence-corrected chi connectivity index (χ2v) is 14.1. The fourth-order valence-electron chi connectivity index (χ4n) is 10.3. The molecule has 4 fully saturated rings. The Labute approximate surface area is 194 Å². The highest BCUT2D eigenvalue weighted by Crippen LogP contribution is 2.69. The molecule has 0 radical (unpaired) electrons. The van der Waals surface area contributed by atoms with Gasteiger partial charge in [-0.25, -0.2) is 0 Å². The van der Waals surface area contributed by atoms with Crippen LogP contribution in [0.4, 0.5) is 0 Å². The summed E-state index contributed by atoms with van der Waals surface area (Å²) in [4.78, 5) is 0. The largest absolute Gasteiger partial charge is 0.393 e. The van der Waals surface area contributed by atoms with Gasteiger partial charge in [-0.2, -0.15) is 0 Å². The third-order valence-electron chi connectivity index (χ3n) is 12.6. The van der Waals surface area contributed by atoms with Gasteiger partial charge in [0, 0.05) is 0 Å². The minimum atomic E-state index is -0.0459. The maximum absolute atomic E-state index is 10.6. The molecule has 12 atom stereocenters. The number of hydrogen-bond donors (Lipinski definition) is 1. The summed E-state index contributed by atoms with van der Waals surface area (Å²) in [6.07, 6.45) is 12.5. The minimum Gasteiger partial charge on any atom is -0.393 e. The second kappa shape index (κ2) is 8.63. The molecule has 31 heavy (non-hydrogen) atoms. The molecule has 4 aliphatic carbocycles. The maximum atomic E-state index is 10.6. The van der Waals surface area contributed by atoms with Crippen LogP contribution in [0.15, 0.2) is 0 Å². The van der Waals surface area contributed by atoms with Gasteiger partial charge in [0.2, 0.25) is 0 Å². The lowest BCUT2D eigenvalue weighted by Crippen LogP contribution is -2.56. The fourth-order valence-corrected chi connectivity index (χ4v) is 10.3. The third-order valence-corrected chi connectivity index (χ3v) is 12.6. The first kappa shape index (κ1) is 24.1. The molecular formula is C30H54O. The zero-order valence-corrected chi connectivity index (χ0v) is 22.2. The molecule has 4 saturated carbocycles. The molecule has 1 N–H and O–H groups in total. The molecule has 4 rings (SSSR count). The van der Waals surface area contributed by atoms with Gasteiger partial charge in [-0.1, -0.05) is 55.4 Å². The van der Waals surface area contributed by atoms with Crippen LogP contribution in [0.5, 0.6) is 0 Å². The van der Waals surface area contributed by atoms with Crippen molar-refractivity contribution in [1.82, 2.24) is 0 Å². The first-order valence-corrected chi connectivity index (χ1v) is 14.2. The molecule has 0 heterocycles. The van der Waals surface area contributed by atoms with Gasteiger partial charge in [0.15, 0.2) is 0 Å². The SMILES string of the molecule is CC(C)[C@@H](C)[C@H](C)C[C@@H](C)C1CCC2C3CC[C@H]4[C@H](C)[C@@H](O)CC[C@]4(C)C3CC[C@@]21C. The van der Waals surface area contributed by atoms with E-state index in [1.54, 1.807) is 0 Å². The van der Waals surface area contributed by atoms with Gasteiger partial charge in [-0.15, -0.1) is 0 Å². The lowest BCUT2D eigenvalue weighted by molar-refractivity contribution is -0.149. The van der Waals surface area contributed by atoms with Crippen LogP contribution in [0.1, 0.15) is 113 Å². The molecular weight excluding hydrogens is 376 g/mol. The highest BCUT2D eigenvalue weighted by atomic mass is 16.3.